The summed E-state index contributed by atoms with van der Waals surface area (Å²) in [5.41, 5.74) is 4.43. The first-order valence-corrected chi connectivity index (χ1v) is 15.9. The summed E-state index contributed by atoms with van der Waals surface area (Å²) in [7, 11) is 1.71. The maximum Gasteiger partial charge on any atom is 0.270 e. The molecule has 1 aromatic heterocycles. The SMILES string of the molecule is COC1CN(CCc2cccc(C(=O)N[C@@H](CC(C)C)C(=O)N[C@@H](CCO)c3cc(-c4c(C)cc(F)cc4C)cc(C)c3F)n2)C1. The van der Waals surface area contributed by atoms with E-state index < -0.39 is 29.7 Å². The molecule has 3 N–H and O–H groups in total. The van der Waals surface area contributed by atoms with Crippen LogP contribution in [0.3, 0.4) is 0 Å². The smallest absolute Gasteiger partial charge is 0.270 e. The molecule has 1 saturated heterocycles. The fraction of sp³-hybridized carbons (Fsp3) is 0.472. The molecule has 0 saturated carbocycles. The number of aromatic nitrogens is 1. The molecule has 2 heterocycles. The summed E-state index contributed by atoms with van der Waals surface area (Å²) in [6.45, 7) is 11.4. The number of hydrogen-bond acceptors (Lipinski definition) is 6. The maximum absolute atomic E-state index is 15.7. The van der Waals surface area contributed by atoms with Gasteiger partial charge in [-0.25, -0.2) is 13.8 Å². The number of aliphatic hydroxyl groups is 1. The normalized spacial score (nSPS) is 15.0. The van der Waals surface area contributed by atoms with Gasteiger partial charge in [0.05, 0.1) is 12.1 Å². The predicted molar refractivity (Wildman–Crippen MR) is 174 cm³/mol. The number of nitrogens with zero attached hydrogens (tertiary/aromatic N) is 2. The highest BCUT2D eigenvalue weighted by molar-refractivity contribution is 5.96. The second kappa shape index (κ2) is 15.7. The standard InChI is InChI=1S/C36H46F2N4O4/c1-21(2)14-32(41-35(44)31-9-7-8-27(39-31)10-12-42-19-28(20-42)46-6)36(45)40-30(11-13-43)29-18-25(15-24(5)34(29)38)33-22(3)16-26(37)17-23(33)4/h7-9,15-18,21,28,30,32,43H,10-14,19-20H2,1-6H3,(H,40,45)(H,41,44)/t30-,32-/m0/s1. The molecule has 1 aliphatic heterocycles. The van der Waals surface area contributed by atoms with Crippen LogP contribution in [-0.4, -0.2) is 72.3 Å². The molecule has 2 amide bonds. The van der Waals surface area contributed by atoms with E-state index in [1.54, 1.807) is 52.1 Å². The van der Waals surface area contributed by atoms with E-state index in [1.165, 1.54) is 12.1 Å². The lowest BCUT2D eigenvalue weighted by Crippen LogP contribution is -2.52. The minimum atomic E-state index is -0.917. The van der Waals surface area contributed by atoms with Gasteiger partial charge in [0.25, 0.3) is 5.91 Å². The van der Waals surface area contributed by atoms with E-state index in [0.717, 1.165) is 30.9 Å². The summed E-state index contributed by atoms with van der Waals surface area (Å²) in [5.74, 6) is -1.75. The van der Waals surface area contributed by atoms with Crippen LogP contribution in [-0.2, 0) is 16.0 Å². The zero-order chi connectivity index (χ0) is 33.5. The number of likely N-dealkylation sites (tertiary alicyclic amines) is 1. The van der Waals surface area contributed by atoms with Gasteiger partial charge in [0.1, 0.15) is 23.4 Å². The number of methoxy groups -OCH3 is 1. The second-order valence-electron chi connectivity index (χ2n) is 12.7. The molecule has 0 unspecified atom stereocenters. The van der Waals surface area contributed by atoms with Gasteiger partial charge in [-0.3, -0.25) is 14.5 Å². The van der Waals surface area contributed by atoms with Crippen molar-refractivity contribution >= 4 is 11.8 Å². The van der Waals surface area contributed by atoms with Crippen LogP contribution in [0.5, 0.6) is 0 Å². The first kappa shape index (κ1) is 35.1. The lowest BCUT2D eigenvalue weighted by Gasteiger charge is -2.38. The number of amides is 2. The number of benzene rings is 2. The van der Waals surface area contributed by atoms with Crippen LogP contribution in [0.25, 0.3) is 11.1 Å². The van der Waals surface area contributed by atoms with Gasteiger partial charge in [-0.2, -0.15) is 0 Å². The summed E-state index contributed by atoms with van der Waals surface area (Å²) >= 11 is 0. The lowest BCUT2D eigenvalue weighted by molar-refractivity contribution is -0.124. The Hall–Kier alpha value is -3.73. The molecule has 1 fully saturated rings. The molecule has 8 nitrogen and oxygen atoms in total. The van der Waals surface area contributed by atoms with Crippen molar-refractivity contribution in [2.75, 3.05) is 33.4 Å². The number of rotatable bonds is 14. The quantitative estimate of drug-likeness (QED) is 0.225. The number of nitrogens with one attached hydrogen (secondary N) is 2. The van der Waals surface area contributed by atoms with Crippen LogP contribution in [0.2, 0.25) is 0 Å². The molecule has 0 radical (unpaired) electrons. The summed E-state index contributed by atoms with van der Waals surface area (Å²) in [5, 5.41) is 15.6. The van der Waals surface area contributed by atoms with E-state index in [4.69, 9.17) is 4.74 Å². The molecular weight excluding hydrogens is 590 g/mol. The van der Waals surface area contributed by atoms with Gasteiger partial charge in [0.15, 0.2) is 0 Å². The molecule has 2 atom stereocenters. The third kappa shape index (κ3) is 8.74. The van der Waals surface area contributed by atoms with E-state index in [-0.39, 0.29) is 42.1 Å². The Morgan fingerprint density at radius 2 is 1.74 bits per heavy atom. The Kier molecular flexibility index (Phi) is 12.0. The molecule has 10 heteroatoms. The molecule has 1 aliphatic rings. The molecule has 4 rings (SSSR count). The van der Waals surface area contributed by atoms with E-state index >= 15 is 4.39 Å². The van der Waals surface area contributed by atoms with Gasteiger partial charge >= 0.3 is 0 Å². The Morgan fingerprint density at radius 3 is 2.37 bits per heavy atom. The molecule has 3 aromatic rings. The van der Waals surface area contributed by atoms with Gasteiger partial charge in [0.2, 0.25) is 5.91 Å². The summed E-state index contributed by atoms with van der Waals surface area (Å²) in [6.07, 6.45) is 1.34. The Bertz CT molecular complexity index is 1520. The van der Waals surface area contributed by atoms with Crippen molar-refractivity contribution in [1.82, 2.24) is 20.5 Å². The van der Waals surface area contributed by atoms with E-state index in [0.29, 0.717) is 35.1 Å². The average molecular weight is 637 g/mol. The third-order valence-electron chi connectivity index (χ3n) is 8.49. The van der Waals surface area contributed by atoms with Crippen LogP contribution in [0.4, 0.5) is 8.78 Å². The third-order valence-corrected chi connectivity index (χ3v) is 8.49. The number of carbonyl (C=O) groups excluding carboxylic acids is 2. The Balaban J connectivity index is 1.53. The summed E-state index contributed by atoms with van der Waals surface area (Å²) in [6, 6.07) is 9.70. The fourth-order valence-electron chi connectivity index (χ4n) is 6.07. The number of halogens is 2. The van der Waals surface area contributed by atoms with Crippen molar-refractivity contribution in [3.8, 4) is 11.1 Å². The van der Waals surface area contributed by atoms with Gasteiger partial charge in [0, 0.05) is 51.0 Å². The number of ether oxygens (including phenoxy) is 1. The topological polar surface area (TPSA) is 104 Å². The molecule has 0 bridgehead atoms. The highest BCUT2D eigenvalue weighted by Crippen LogP contribution is 2.33. The van der Waals surface area contributed by atoms with Crippen molar-refractivity contribution in [2.24, 2.45) is 5.92 Å². The Labute approximate surface area is 270 Å². The van der Waals surface area contributed by atoms with Gasteiger partial charge in [-0.1, -0.05) is 19.9 Å². The van der Waals surface area contributed by atoms with E-state index in [1.807, 2.05) is 19.9 Å². The molecule has 2 aromatic carbocycles. The van der Waals surface area contributed by atoms with Crippen molar-refractivity contribution < 1.29 is 28.2 Å². The molecule has 248 valence electrons. The number of hydrogen-bond donors (Lipinski definition) is 3. The van der Waals surface area contributed by atoms with Crippen LogP contribution >= 0.6 is 0 Å². The number of pyridine rings is 1. The second-order valence-corrected chi connectivity index (χ2v) is 12.7. The summed E-state index contributed by atoms with van der Waals surface area (Å²) in [4.78, 5) is 33.9. The minimum Gasteiger partial charge on any atom is -0.396 e. The van der Waals surface area contributed by atoms with Crippen LogP contribution in [0.1, 0.15) is 71.2 Å². The zero-order valence-electron chi connectivity index (χ0n) is 27.6. The Morgan fingerprint density at radius 1 is 1.04 bits per heavy atom. The van der Waals surface area contributed by atoms with Crippen LogP contribution < -0.4 is 10.6 Å². The predicted octanol–water partition coefficient (Wildman–Crippen LogP) is 5.21. The number of aliphatic hydroxyl groups excluding tert-OH is 1. The molecular formula is C36H46F2N4O4. The monoisotopic (exact) mass is 636 g/mol. The minimum absolute atomic E-state index is 0.0566. The maximum atomic E-state index is 15.7. The number of aryl methyl sites for hydroxylation is 3. The largest absolute Gasteiger partial charge is 0.396 e. The molecule has 0 aliphatic carbocycles. The van der Waals surface area contributed by atoms with E-state index in [2.05, 4.69) is 20.5 Å². The molecule has 0 spiro atoms. The van der Waals surface area contributed by atoms with Gasteiger partial charge in [-0.05, 0) is 104 Å². The number of carbonyl (C=O) groups is 2. The van der Waals surface area contributed by atoms with E-state index in [9.17, 15) is 19.1 Å². The zero-order valence-corrected chi connectivity index (χ0v) is 27.6. The first-order valence-electron chi connectivity index (χ1n) is 15.9. The first-order chi connectivity index (χ1) is 21.9. The van der Waals surface area contributed by atoms with Gasteiger partial charge in [-0.15, -0.1) is 0 Å². The highest BCUT2D eigenvalue weighted by Gasteiger charge is 2.28. The fourth-order valence-corrected chi connectivity index (χ4v) is 6.07. The van der Waals surface area contributed by atoms with Crippen molar-refractivity contribution in [2.45, 2.75) is 72.1 Å². The van der Waals surface area contributed by atoms with Crippen molar-refractivity contribution in [1.29, 1.82) is 0 Å². The molecule has 46 heavy (non-hydrogen) atoms. The van der Waals surface area contributed by atoms with Gasteiger partial charge < -0.3 is 20.5 Å². The van der Waals surface area contributed by atoms with Crippen molar-refractivity contribution in [3.63, 3.8) is 0 Å². The average Bonchev–Trinajstić information content (AvgIpc) is 2.97. The van der Waals surface area contributed by atoms with Crippen molar-refractivity contribution in [3.05, 3.63) is 87.7 Å². The van der Waals surface area contributed by atoms with Crippen LogP contribution in [0, 0.1) is 38.3 Å². The highest BCUT2D eigenvalue weighted by atomic mass is 19.1. The summed E-state index contributed by atoms with van der Waals surface area (Å²) < 4.78 is 35.0. The van der Waals surface area contributed by atoms with Crippen LogP contribution in [0.15, 0.2) is 42.5 Å². The lowest BCUT2D eigenvalue weighted by atomic mass is 9.90.